The van der Waals surface area contributed by atoms with Crippen LogP contribution in [0.25, 0.3) is 0 Å². The van der Waals surface area contributed by atoms with Crippen LogP contribution in [0.2, 0.25) is 0 Å². The fourth-order valence-corrected chi connectivity index (χ4v) is 1.64. The molecule has 1 aromatic rings. The first-order valence-corrected chi connectivity index (χ1v) is 4.89. The summed E-state index contributed by atoms with van der Waals surface area (Å²) in [6.45, 7) is 1.58. The zero-order valence-corrected chi connectivity index (χ0v) is 8.91. The molecule has 1 saturated heterocycles. The zero-order valence-electron chi connectivity index (χ0n) is 8.91. The van der Waals surface area contributed by atoms with Gasteiger partial charge in [0.25, 0.3) is 11.6 Å². The average molecular weight is 235 g/mol. The fraction of sp³-hybridized carbons (Fsp3) is 0.200. The molecule has 0 spiro atoms. The van der Waals surface area contributed by atoms with Gasteiger partial charge in [-0.25, -0.2) is 4.79 Å². The van der Waals surface area contributed by atoms with E-state index in [1.54, 1.807) is 6.92 Å². The van der Waals surface area contributed by atoms with Crippen LogP contribution < -0.4 is 10.2 Å². The number of amides is 3. The van der Waals surface area contributed by atoms with E-state index in [0.29, 0.717) is 5.69 Å². The first-order valence-electron chi connectivity index (χ1n) is 4.89. The van der Waals surface area contributed by atoms with Crippen molar-refractivity contribution >= 4 is 23.3 Å². The van der Waals surface area contributed by atoms with E-state index >= 15 is 0 Å². The Balaban J connectivity index is 2.32. The van der Waals surface area contributed by atoms with Gasteiger partial charge < -0.3 is 0 Å². The van der Waals surface area contributed by atoms with Gasteiger partial charge in [-0.05, 0) is 19.1 Å². The quantitative estimate of drug-likeness (QED) is 0.471. The van der Waals surface area contributed by atoms with Crippen molar-refractivity contribution in [3.05, 3.63) is 34.4 Å². The van der Waals surface area contributed by atoms with Crippen molar-refractivity contribution in [1.29, 1.82) is 0 Å². The van der Waals surface area contributed by atoms with Crippen molar-refractivity contribution in [2.45, 2.75) is 13.0 Å². The minimum absolute atomic E-state index is 0.0627. The van der Waals surface area contributed by atoms with Gasteiger partial charge in [-0.15, -0.1) is 0 Å². The summed E-state index contributed by atoms with van der Waals surface area (Å²) >= 11 is 0. The molecule has 1 aromatic carbocycles. The van der Waals surface area contributed by atoms with Gasteiger partial charge in [0.15, 0.2) is 0 Å². The highest BCUT2D eigenvalue weighted by Gasteiger charge is 2.35. The van der Waals surface area contributed by atoms with Crippen molar-refractivity contribution in [2.24, 2.45) is 0 Å². The predicted molar refractivity (Wildman–Crippen MR) is 58.6 cm³/mol. The number of urea groups is 1. The van der Waals surface area contributed by atoms with Crippen LogP contribution in [0, 0.1) is 10.1 Å². The van der Waals surface area contributed by atoms with Gasteiger partial charge in [-0.1, -0.05) is 0 Å². The number of nitrogens with zero attached hydrogens (tertiary/aromatic N) is 2. The van der Waals surface area contributed by atoms with Crippen molar-refractivity contribution in [1.82, 2.24) is 5.32 Å². The third kappa shape index (κ3) is 1.82. The average Bonchev–Trinajstić information content (AvgIpc) is 2.53. The van der Waals surface area contributed by atoms with E-state index in [1.807, 2.05) is 0 Å². The van der Waals surface area contributed by atoms with Crippen molar-refractivity contribution in [3.63, 3.8) is 0 Å². The van der Waals surface area contributed by atoms with Gasteiger partial charge >= 0.3 is 6.03 Å². The largest absolute Gasteiger partial charge is 0.329 e. The highest BCUT2D eigenvalue weighted by molar-refractivity contribution is 6.14. The summed E-state index contributed by atoms with van der Waals surface area (Å²) in [4.78, 5) is 33.9. The lowest BCUT2D eigenvalue weighted by atomic mass is 10.2. The molecule has 0 aromatic heterocycles. The standard InChI is InChI=1S/C10H9N3O4/c1-6-9(14)11-10(15)12(6)7-2-4-8(5-3-7)13(16)17/h2-6H,1H3,(H,11,14,15)/t6-/m1/s1. The lowest BCUT2D eigenvalue weighted by Gasteiger charge is -2.17. The maximum atomic E-state index is 11.5. The summed E-state index contributed by atoms with van der Waals surface area (Å²) in [6, 6.07) is 4.33. The van der Waals surface area contributed by atoms with Gasteiger partial charge in [0, 0.05) is 17.8 Å². The van der Waals surface area contributed by atoms with E-state index in [-0.39, 0.29) is 11.6 Å². The summed E-state index contributed by atoms with van der Waals surface area (Å²) in [5.74, 6) is -0.381. The van der Waals surface area contributed by atoms with E-state index in [9.17, 15) is 19.7 Å². The second kappa shape index (κ2) is 3.85. The van der Waals surface area contributed by atoms with Crippen LogP contribution in [0.3, 0.4) is 0 Å². The Morgan fingerprint density at radius 3 is 2.29 bits per heavy atom. The van der Waals surface area contributed by atoms with Gasteiger partial charge in [0.1, 0.15) is 6.04 Å². The normalized spacial score (nSPS) is 19.4. The predicted octanol–water partition coefficient (Wildman–Crippen LogP) is 1.04. The second-order valence-corrected chi connectivity index (χ2v) is 3.61. The molecule has 1 aliphatic heterocycles. The number of imide groups is 1. The maximum absolute atomic E-state index is 11.5. The molecule has 1 atom stereocenters. The Hall–Kier alpha value is -2.44. The Kier molecular flexibility index (Phi) is 2.51. The molecule has 0 bridgehead atoms. The SMILES string of the molecule is C[C@@H]1C(=O)NC(=O)N1c1ccc([N+](=O)[O-])cc1. The third-order valence-corrected chi connectivity index (χ3v) is 2.55. The van der Waals surface area contributed by atoms with Crippen molar-refractivity contribution in [2.75, 3.05) is 4.90 Å². The highest BCUT2D eigenvalue weighted by atomic mass is 16.6. The number of nitro groups is 1. The Morgan fingerprint density at radius 2 is 1.88 bits per heavy atom. The first-order chi connectivity index (χ1) is 8.00. The summed E-state index contributed by atoms with van der Waals surface area (Å²) in [6.07, 6.45) is 0. The minimum atomic E-state index is -0.607. The topological polar surface area (TPSA) is 92.6 Å². The van der Waals surface area contributed by atoms with Crippen LogP contribution in [-0.4, -0.2) is 22.9 Å². The lowest BCUT2D eigenvalue weighted by Crippen LogP contribution is -2.32. The molecule has 0 saturated carbocycles. The number of hydrogen-bond donors (Lipinski definition) is 1. The van der Waals surface area contributed by atoms with Crippen molar-refractivity contribution < 1.29 is 14.5 Å². The van der Waals surface area contributed by atoms with Crippen LogP contribution >= 0.6 is 0 Å². The van der Waals surface area contributed by atoms with Crippen LogP contribution in [0.4, 0.5) is 16.2 Å². The fourth-order valence-electron chi connectivity index (χ4n) is 1.64. The monoisotopic (exact) mass is 235 g/mol. The number of non-ortho nitro benzene ring substituents is 1. The van der Waals surface area contributed by atoms with Crippen LogP contribution in [0.5, 0.6) is 0 Å². The molecule has 0 unspecified atom stereocenters. The van der Waals surface area contributed by atoms with Crippen molar-refractivity contribution in [3.8, 4) is 0 Å². The molecule has 3 amide bonds. The van der Waals surface area contributed by atoms with E-state index in [4.69, 9.17) is 0 Å². The lowest BCUT2D eigenvalue weighted by molar-refractivity contribution is -0.384. The molecule has 1 fully saturated rings. The number of hydrogen-bond acceptors (Lipinski definition) is 4. The van der Waals surface area contributed by atoms with E-state index in [0.717, 1.165) is 0 Å². The Labute approximate surface area is 96.2 Å². The number of anilines is 1. The number of nitrogens with one attached hydrogen (secondary N) is 1. The maximum Gasteiger partial charge on any atom is 0.329 e. The molecule has 88 valence electrons. The van der Waals surface area contributed by atoms with Crippen LogP contribution in [-0.2, 0) is 4.79 Å². The van der Waals surface area contributed by atoms with Gasteiger partial charge in [0.05, 0.1) is 4.92 Å². The molecule has 7 heteroatoms. The molecule has 0 aliphatic carbocycles. The summed E-state index contributed by atoms with van der Waals surface area (Å²) < 4.78 is 0. The number of carbonyl (C=O) groups is 2. The summed E-state index contributed by atoms with van der Waals surface area (Å²) in [7, 11) is 0. The van der Waals surface area contributed by atoms with Gasteiger partial charge in [0.2, 0.25) is 0 Å². The van der Waals surface area contributed by atoms with E-state index in [2.05, 4.69) is 5.32 Å². The smallest absolute Gasteiger partial charge is 0.282 e. The van der Waals surface area contributed by atoms with Gasteiger partial charge in [-0.2, -0.15) is 0 Å². The molecule has 1 N–H and O–H groups in total. The highest BCUT2D eigenvalue weighted by Crippen LogP contribution is 2.23. The molecule has 1 aliphatic rings. The molecular formula is C10H9N3O4. The minimum Gasteiger partial charge on any atom is -0.282 e. The Bertz CT molecular complexity index is 497. The summed E-state index contributed by atoms with van der Waals surface area (Å²) in [5, 5.41) is 12.6. The van der Waals surface area contributed by atoms with E-state index < -0.39 is 17.0 Å². The van der Waals surface area contributed by atoms with Crippen LogP contribution in [0.15, 0.2) is 24.3 Å². The Morgan fingerprint density at radius 1 is 1.29 bits per heavy atom. The van der Waals surface area contributed by atoms with Gasteiger partial charge in [-0.3, -0.25) is 25.1 Å². The zero-order chi connectivity index (χ0) is 12.6. The number of benzene rings is 1. The van der Waals surface area contributed by atoms with Crippen LogP contribution in [0.1, 0.15) is 6.92 Å². The number of carbonyl (C=O) groups excluding carboxylic acids is 2. The molecule has 2 rings (SSSR count). The van der Waals surface area contributed by atoms with E-state index in [1.165, 1.54) is 29.2 Å². The summed E-state index contributed by atoms with van der Waals surface area (Å²) in [5.41, 5.74) is 0.388. The number of nitro benzene ring substituents is 1. The molecule has 1 heterocycles. The number of rotatable bonds is 2. The second-order valence-electron chi connectivity index (χ2n) is 3.61. The third-order valence-electron chi connectivity index (χ3n) is 2.55. The first kappa shape index (κ1) is 11.1. The molecule has 17 heavy (non-hydrogen) atoms. The molecular weight excluding hydrogens is 226 g/mol. The molecule has 0 radical (unpaired) electrons. The molecule has 7 nitrogen and oxygen atoms in total.